The third-order valence-corrected chi connectivity index (χ3v) is 2.18. The summed E-state index contributed by atoms with van der Waals surface area (Å²) < 4.78 is 0. The lowest BCUT2D eigenvalue weighted by atomic mass is 10.2. The molecule has 0 fully saturated rings. The molecule has 0 saturated heterocycles. The number of hydrogen-bond donors (Lipinski definition) is 3. The number of aryl methyl sites for hydroxylation is 1. The summed E-state index contributed by atoms with van der Waals surface area (Å²) in [6.45, 7) is 6.88. The summed E-state index contributed by atoms with van der Waals surface area (Å²) in [5.41, 5.74) is 7.33. The van der Waals surface area contributed by atoms with Crippen LogP contribution in [0.15, 0.2) is 12.3 Å². The maximum absolute atomic E-state index is 11.5. The molecule has 1 amide bonds. The summed E-state index contributed by atoms with van der Waals surface area (Å²) in [7, 11) is 0. The first kappa shape index (κ1) is 13.3. The zero-order valence-corrected chi connectivity index (χ0v) is 10.6. The van der Waals surface area contributed by atoms with Crippen molar-refractivity contribution in [1.29, 1.82) is 0 Å². The molecule has 1 heterocycles. The standard InChI is InChI=1S/C12H20N4O/c1-8(2)5-14-11(17)7-16-12-10(13)4-9(3)6-15-12/h4,6,8H,5,7,13H2,1-3H3,(H,14,17)(H,15,16). The van der Waals surface area contributed by atoms with Crippen LogP contribution in [0.25, 0.3) is 0 Å². The van der Waals surface area contributed by atoms with Crippen molar-refractivity contribution >= 4 is 17.4 Å². The first-order valence-electron chi connectivity index (χ1n) is 5.71. The van der Waals surface area contributed by atoms with Crippen LogP contribution in [0.5, 0.6) is 0 Å². The van der Waals surface area contributed by atoms with Gasteiger partial charge in [-0.2, -0.15) is 0 Å². The first-order valence-corrected chi connectivity index (χ1v) is 5.71. The van der Waals surface area contributed by atoms with Gasteiger partial charge in [0.1, 0.15) is 5.82 Å². The number of nitrogens with two attached hydrogens (primary N) is 1. The summed E-state index contributed by atoms with van der Waals surface area (Å²) >= 11 is 0. The van der Waals surface area contributed by atoms with Gasteiger partial charge in [-0.1, -0.05) is 13.8 Å². The van der Waals surface area contributed by atoms with E-state index in [1.165, 1.54) is 0 Å². The van der Waals surface area contributed by atoms with Crippen LogP contribution in [-0.2, 0) is 4.79 Å². The zero-order valence-electron chi connectivity index (χ0n) is 10.6. The Morgan fingerprint density at radius 1 is 1.53 bits per heavy atom. The van der Waals surface area contributed by atoms with Crippen LogP contribution in [0.1, 0.15) is 19.4 Å². The van der Waals surface area contributed by atoms with Crippen molar-refractivity contribution in [2.45, 2.75) is 20.8 Å². The molecule has 94 valence electrons. The third-order valence-electron chi connectivity index (χ3n) is 2.18. The lowest BCUT2D eigenvalue weighted by Gasteiger charge is -2.10. The maximum atomic E-state index is 11.5. The normalized spacial score (nSPS) is 10.4. The highest BCUT2D eigenvalue weighted by Crippen LogP contribution is 2.14. The summed E-state index contributed by atoms with van der Waals surface area (Å²) in [5.74, 6) is 0.942. The second-order valence-corrected chi connectivity index (χ2v) is 4.50. The molecule has 1 rings (SSSR count). The average Bonchev–Trinajstić information content (AvgIpc) is 2.25. The number of nitrogen functional groups attached to an aromatic ring is 1. The fraction of sp³-hybridized carbons (Fsp3) is 0.500. The van der Waals surface area contributed by atoms with Gasteiger partial charge in [0.05, 0.1) is 12.2 Å². The lowest BCUT2D eigenvalue weighted by molar-refractivity contribution is -0.119. The molecule has 17 heavy (non-hydrogen) atoms. The maximum Gasteiger partial charge on any atom is 0.239 e. The molecule has 0 radical (unpaired) electrons. The highest BCUT2D eigenvalue weighted by atomic mass is 16.1. The first-order chi connectivity index (χ1) is 7.99. The van der Waals surface area contributed by atoms with Crippen molar-refractivity contribution in [3.05, 3.63) is 17.8 Å². The van der Waals surface area contributed by atoms with Crippen LogP contribution in [0.2, 0.25) is 0 Å². The number of aromatic nitrogens is 1. The molecule has 1 aromatic rings. The lowest BCUT2D eigenvalue weighted by Crippen LogP contribution is -2.32. The quantitative estimate of drug-likeness (QED) is 0.716. The number of nitrogens with zero attached hydrogens (tertiary/aromatic N) is 1. The van der Waals surface area contributed by atoms with Crippen molar-refractivity contribution in [1.82, 2.24) is 10.3 Å². The number of nitrogens with one attached hydrogen (secondary N) is 2. The SMILES string of the molecule is Cc1cnc(NCC(=O)NCC(C)C)c(N)c1. The molecule has 0 aliphatic rings. The van der Waals surface area contributed by atoms with Crippen molar-refractivity contribution in [3.8, 4) is 0 Å². The third kappa shape index (κ3) is 4.72. The van der Waals surface area contributed by atoms with Gasteiger partial charge < -0.3 is 16.4 Å². The van der Waals surface area contributed by atoms with E-state index in [9.17, 15) is 4.79 Å². The molecule has 0 aromatic carbocycles. The molecule has 0 aliphatic heterocycles. The number of hydrogen-bond acceptors (Lipinski definition) is 4. The molecule has 0 saturated carbocycles. The van der Waals surface area contributed by atoms with Crippen molar-refractivity contribution in [2.24, 2.45) is 5.92 Å². The van der Waals surface area contributed by atoms with Crippen LogP contribution in [0.4, 0.5) is 11.5 Å². The van der Waals surface area contributed by atoms with Gasteiger partial charge in [-0.15, -0.1) is 0 Å². The van der Waals surface area contributed by atoms with Gasteiger partial charge in [0.2, 0.25) is 5.91 Å². The number of anilines is 2. The molecule has 0 spiro atoms. The summed E-state index contributed by atoms with van der Waals surface area (Å²) in [6, 6.07) is 1.82. The van der Waals surface area contributed by atoms with Crippen LogP contribution >= 0.6 is 0 Å². The Bertz CT molecular complexity index is 390. The number of rotatable bonds is 5. The molecule has 5 nitrogen and oxygen atoms in total. The summed E-state index contributed by atoms with van der Waals surface area (Å²) in [5, 5.41) is 5.73. The van der Waals surface area contributed by atoms with Crippen molar-refractivity contribution < 1.29 is 4.79 Å². The summed E-state index contributed by atoms with van der Waals surface area (Å²) in [6.07, 6.45) is 1.71. The largest absolute Gasteiger partial charge is 0.396 e. The van der Waals surface area contributed by atoms with Gasteiger partial charge in [-0.05, 0) is 24.5 Å². The Kier molecular flexibility index (Phi) is 4.75. The highest BCUT2D eigenvalue weighted by molar-refractivity contribution is 5.81. The minimum Gasteiger partial charge on any atom is -0.396 e. The fourth-order valence-electron chi connectivity index (χ4n) is 1.28. The minimum absolute atomic E-state index is 0.0551. The van der Waals surface area contributed by atoms with E-state index in [0.717, 1.165) is 5.56 Å². The van der Waals surface area contributed by atoms with E-state index >= 15 is 0 Å². The van der Waals surface area contributed by atoms with Gasteiger partial charge in [0.25, 0.3) is 0 Å². The van der Waals surface area contributed by atoms with Crippen LogP contribution in [0, 0.1) is 12.8 Å². The predicted octanol–water partition coefficient (Wildman–Crippen LogP) is 1.16. The molecule has 5 heteroatoms. The molecule has 0 aliphatic carbocycles. The molecule has 0 atom stereocenters. The zero-order chi connectivity index (χ0) is 12.8. The molecule has 4 N–H and O–H groups in total. The topological polar surface area (TPSA) is 80.0 Å². The average molecular weight is 236 g/mol. The van der Waals surface area contributed by atoms with E-state index in [-0.39, 0.29) is 12.5 Å². The fourth-order valence-corrected chi connectivity index (χ4v) is 1.28. The van der Waals surface area contributed by atoms with E-state index in [0.29, 0.717) is 24.0 Å². The van der Waals surface area contributed by atoms with Crippen molar-refractivity contribution in [2.75, 3.05) is 24.1 Å². The Balaban J connectivity index is 2.42. The highest BCUT2D eigenvalue weighted by Gasteiger charge is 2.04. The number of pyridine rings is 1. The molecule has 1 aromatic heterocycles. The Hall–Kier alpha value is -1.78. The van der Waals surface area contributed by atoms with E-state index in [2.05, 4.69) is 15.6 Å². The Morgan fingerprint density at radius 3 is 2.82 bits per heavy atom. The summed E-state index contributed by atoms with van der Waals surface area (Å²) in [4.78, 5) is 15.6. The molecule has 0 unspecified atom stereocenters. The predicted molar refractivity (Wildman–Crippen MR) is 69.7 cm³/mol. The van der Waals surface area contributed by atoms with Gasteiger partial charge in [0, 0.05) is 12.7 Å². The molecular weight excluding hydrogens is 216 g/mol. The second-order valence-electron chi connectivity index (χ2n) is 4.50. The van der Waals surface area contributed by atoms with E-state index in [1.54, 1.807) is 6.20 Å². The van der Waals surface area contributed by atoms with Gasteiger partial charge in [0.15, 0.2) is 0 Å². The number of amides is 1. The van der Waals surface area contributed by atoms with Crippen LogP contribution in [0.3, 0.4) is 0 Å². The number of carbonyl (C=O) groups excluding carboxylic acids is 1. The van der Waals surface area contributed by atoms with Gasteiger partial charge in [-0.3, -0.25) is 4.79 Å². The smallest absolute Gasteiger partial charge is 0.239 e. The van der Waals surface area contributed by atoms with Crippen molar-refractivity contribution in [3.63, 3.8) is 0 Å². The Labute approximate surface area is 102 Å². The van der Waals surface area contributed by atoms with Gasteiger partial charge >= 0.3 is 0 Å². The van der Waals surface area contributed by atoms with Crippen LogP contribution in [-0.4, -0.2) is 24.0 Å². The number of carbonyl (C=O) groups is 1. The minimum atomic E-state index is -0.0551. The van der Waals surface area contributed by atoms with Crippen LogP contribution < -0.4 is 16.4 Å². The molecule has 0 bridgehead atoms. The Morgan fingerprint density at radius 2 is 2.24 bits per heavy atom. The monoisotopic (exact) mass is 236 g/mol. The molecular formula is C12H20N4O. The van der Waals surface area contributed by atoms with E-state index < -0.39 is 0 Å². The van der Waals surface area contributed by atoms with E-state index in [4.69, 9.17) is 5.73 Å². The van der Waals surface area contributed by atoms with Gasteiger partial charge in [-0.25, -0.2) is 4.98 Å². The van der Waals surface area contributed by atoms with E-state index in [1.807, 2.05) is 26.8 Å². The second kappa shape index (κ2) is 6.08.